The summed E-state index contributed by atoms with van der Waals surface area (Å²) >= 11 is 0. The molecule has 0 radical (unpaired) electrons. The Morgan fingerprint density at radius 3 is 2.74 bits per heavy atom. The zero-order chi connectivity index (χ0) is 13.3. The average molecular weight is 256 g/mol. The second-order valence-electron chi connectivity index (χ2n) is 6.26. The van der Waals surface area contributed by atoms with Crippen LogP contribution in [0.25, 0.3) is 0 Å². The molecule has 2 nitrogen and oxygen atoms in total. The molecule has 0 aliphatic heterocycles. The Morgan fingerprint density at radius 1 is 1.26 bits per heavy atom. The van der Waals surface area contributed by atoms with E-state index in [-0.39, 0.29) is 5.54 Å². The van der Waals surface area contributed by atoms with Crippen LogP contribution in [0.4, 0.5) is 0 Å². The molecule has 0 spiro atoms. The molecule has 0 bridgehead atoms. The molecule has 19 heavy (non-hydrogen) atoms. The molecule has 2 atom stereocenters. The highest BCUT2D eigenvalue weighted by molar-refractivity contribution is 5.30. The third-order valence-electron chi connectivity index (χ3n) is 5.17. The van der Waals surface area contributed by atoms with Gasteiger partial charge in [0, 0.05) is 18.3 Å². The molecule has 2 aliphatic carbocycles. The van der Waals surface area contributed by atoms with E-state index in [0.29, 0.717) is 5.92 Å². The largest absolute Gasteiger partial charge is 0.262 e. The smallest absolute Gasteiger partial charge is 0.0844 e. The molecule has 1 heterocycles. The van der Waals surface area contributed by atoms with Crippen molar-refractivity contribution in [2.45, 2.75) is 51.5 Å². The molecule has 1 saturated carbocycles. The van der Waals surface area contributed by atoms with Crippen molar-refractivity contribution in [2.75, 3.05) is 0 Å². The number of aromatic nitrogens is 2. The van der Waals surface area contributed by atoms with Gasteiger partial charge in [-0.15, -0.1) is 0 Å². The zero-order valence-corrected chi connectivity index (χ0v) is 12.0. The minimum atomic E-state index is -0.00890. The minimum absolute atomic E-state index is 0.00890. The number of allylic oxidation sites excluding steroid dienone is 4. The standard InChI is InChI=1S/C17H24N2/c1-14-16(15-8-4-3-5-9-15)10-6-11-17(14,2)19-13-7-12-18-19/h6-7,10-15H,3-5,8-9H2,1-2H3. The van der Waals surface area contributed by atoms with Crippen LogP contribution >= 0.6 is 0 Å². The minimum Gasteiger partial charge on any atom is -0.262 e. The maximum atomic E-state index is 4.48. The summed E-state index contributed by atoms with van der Waals surface area (Å²) < 4.78 is 2.12. The summed E-state index contributed by atoms with van der Waals surface area (Å²) in [5.74, 6) is 1.32. The summed E-state index contributed by atoms with van der Waals surface area (Å²) in [7, 11) is 0. The van der Waals surface area contributed by atoms with Crippen molar-refractivity contribution < 1.29 is 0 Å². The number of hydrogen-bond donors (Lipinski definition) is 0. The van der Waals surface area contributed by atoms with Crippen LogP contribution in [0.5, 0.6) is 0 Å². The molecule has 1 aromatic rings. The van der Waals surface area contributed by atoms with Gasteiger partial charge in [-0.1, -0.05) is 50.0 Å². The molecule has 0 amide bonds. The van der Waals surface area contributed by atoms with Gasteiger partial charge in [-0.05, 0) is 31.7 Å². The van der Waals surface area contributed by atoms with Crippen molar-refractivity contribution >= 4 is 0 Å². The second kappa shape index (κ2) is 4.99. The SMILES string of the molecule is CC1C(C2CCCCC2)=CC=CC1(C)n1cccn1. The molecule has 2 heteroatoms. The van der Waals surface area contributed by atoms with E-state index in [2.05, 4.69) is 48.1 Å². The molecule has 1 fully saturated rings. The van der Waals surface area contributed by atoms with Crippen LogP contribution in [-0.2, 0) is 5.54 Å². The first kappa shape index (κ1) is 12.7. The van der Waals surface area contributed by atoms with Crippen LogP contribution in [0.1, 0.15) is 46.0 Å². The molecular weight excluding hydrogens is 232 g/mol. The summed E-state index contributed by atoms with van der Waals surface area (Å²) in [5.41, 5.74) is 1.63. The van der Waals surface area contributed by atoms with E-state index in [1.165, 1.54) is 32.1 Å². The Labute approximate surface area is 116 Å². The van der Waals surface area contributed by atoms with Crippen molar-refractivity contribution in [3.8, 4) is 0 Å². The lowest BCUT2D eigenvalue weighted by Gasteiger charge is -2.40. The molecule has 102 valence electrons. The van der Waals surface area contributed by atoms with Crippen molar-refractivity contribution in [3.63, 3.8) is 0 Å². The highest BCUT2D eigenvalue weighted by atomic mass is 15.3. The van der Waals surface area contributed by atoms with Gasteiger partial charge in [-0.2, -0.15) is 5.10 Å². The van der Waals surface area contributed by atoms with E-state index in [1.54, 1.807) is 5.57 Å². The van der Waals surface area contributed by atoms with Gasteiger partial charge in [0.2, 0.25) is 0 Å². The normalized spacial score (nSPS) is 32.3. The lowest BCUT2D eigenvalue weighted by molar-refractivity contribution is 0.247. The highest BCUT2D eigenvalue weighted by Gasteiger charge is 2.37. The van der Waals surface area contributed by atoms with Crippen LogP contribution in [0.2, 0.25) is 0 Å². The fourth-order valence-corrected chi connectivity index (χ4v) is 3.73. The van der Waals surface area contributed by atoms with Crippen LogP contribution in [0.3, 0.4) is 0 Å². The number of rotatable bonds is 2. The first-order valence-electron chi connectivity index (χ1n) is 7.61. The van der Waals surface area contributed by atoms with E-state index >= 15 is 0 Å². The Hall–Kier alpha value is -1.31. The second-order valence-corrected chi connectivity index (χ2v) is 6.26. The Kier molecular flexibility index (Phi) is 3.34. The van der Waals surface area contributed by atoms with Gasteiger partial charge in [0.05, 0.1) is 5.54 Å². The predicted molar refractivity (Wildman–Crippen MR) is 78.8 cm³/mol. The summed E-state index contributed by atoms with van der Waals surface area (Å²) in [6, 6.07) is 2.02. The van der Waals surface area contributed by atoms with E-state index < -0.39 is 0 Å². The molecule has 1 aromatic heterocycles. The third kappa shape index (κ3) is 2.18. The lowest BCUT2D eigenvalue weighted by atomic mass is 9.70. The quantitative estimate of drug-likeness (QED) is 0.771. The van der Waals surface area contributed by atoms with Gasteiger partial charge in [0.25, 0.3) is 0 Å². The fraction of sp³-hybridized carbons (Fsp3) is 0.588. The molecule has 0 N–H and O–H groups in total. The van der Waals surface area contributed by atoms with Gasteiger partial charge >= 0.3 is 0 Å². The summed E-state index contributed by atoms with van der Waals surface area (Å²) in [6.45, 7) is 4.67. The Morgan fingerprint density at radius 2 is 2.05 bits per heavy atom. The summed E-state index contributed by atoms with van der Waals surface area (Å²) in [6.07, 6.45) is 17.8. The Bertz CT molecular complexity index is 477. The predicted octanol–water partition coefficient (Wildman–Crippen LogP) is 4.31. The molecule has 2 aliphatic rings. The zero-order valence-electron chi connectivity index (χ0n) is 12.0. The van der Waals surface area contributed by atoms with Crippen LogP contribution in [0, 0.1) is 11.8 Å². The molecular formula is C17H24N2. The van der Waals surface area contributed by atoms with Crippen molar-refractivity contribution in [2.24, 2.45) is 11.8 Å². The topological polar surface area (TPSA) is 17.8 Å². The van der Waals surface area contributed by atoms with Crippen molar-refractivity contribution in [3.05, 3.63) is 42.3 Å². The van der Waals surface area contributed by atoms with E-state index in [0.717, 1.165) is 5.92 Å². The average Bonchev–Trinajstić information content (AvgIpc) is 2.98. The van der Waals surface area contributed by atoms with Gasteiger partial charge in [-0.25, -0.2) is 0 Å². The van der Waals surface area contributed by atoms with Gasteiger partial charge in [0.15, 0.2) is 0 Å². The van der Waals surface area contributed by atoms with E-state index in [4.69, 9.17) is 0 Å². The third-order valence-corrected chi connectivity index (χ3v) is 5.17. The number of nitrogens with zero attached hydrogens (tertiary/aromatic N) is 2. The van der Waals surface area contributed by atoms with Gasteiger partial charge in [0.1, 0.15) is 0 Å². The lowest BCUT2D eigenvalue weighted by Crippen LogP contribution is -2.39. The first-order valence-corrected chi connectivity index (χ1v) is 7.61. The van der Waals surface area contributed by atoms with Gasteiger partial charge in [-0.3, -0.25) is 4.68 Å². The summed E-state index contributed by atoms with van der Waals surface area (Å²) in [5, 5.41) is 4.48. The van der Waals surface area contributed by atoms with Crippen LogP contribution in [-0.4, -0.2) is 9.78 Å². The maximum Gasteiger partial charge on any atom is 0.0844 e. The molecule has 0 aromatic carbocycles. The Balaban J connectivity index is 1.88. The molecule has 0 saturated heterocycles. The van der Waals surface area contributed by atoms with E-state index in [1.807, 2.05) is 12.3 Å². The summed E-state index contributed by atoms with van der Waals surface area (Å²) in [4.78, 5) is 0. The first-order chi connectivity index (χ1) is 9.22. The van der Waals surface area contributed by atoms with Crippen LogP contribution in [0.15, 0.2) is 42.3 Å². The molecule has 3 rings (SSSR count). The molecule has 2 unspecified atom stereocenters. The number of hydrogen-bond acceptors (Lipinski definition) is 1. The van der Waals surface area contributed by atoms with Crippen LogP contribution < -0.4 is 0 Å². The van der Waals surface area contributed by atoms with Gasteiger partial charge < -0.3 is 0 Å². The van der Waals surface area contributed by atoms with E-state index in [9.17, 15) is 0 Å². The monoisotopic (exact) mass is 256 g/mol. The fourth-order valence-electron chi connectivity index (χ4n) is 3.73. The highest BCUT2D eigenvalue weighted by Crippen LogP contribution is 2.42. The van der Waals surface area contributed by atoms with Crippen molar-refractivity contribution in [1.29, 1.82) is 0 Å². The van der Waals surface area contributed by atoms with Crippen molar-refractivity contribution in [1.82, 2.24) is 9.78 Å². The maximum absolute atomic E-state index is 4.48.